The van der Waals surface area contributed by atoms with Crippen LogP contribution in [0.3, 0.4) is 0 Å². The fourth-order valence-corrected chi connectivity index (χ4v) is 4.08. The molecule has 25 heavy (non-hydrogen) atoms. The fraction of sp³-hybridized carbons (Fsp3) is 0.550. The average Bonchev–Trinajstić information content (AvgIpc) is 3.19. The first-order valence-corrected chi connectivity index (χ1v) is 9.49. The first-order chi connectivity index (χ1) is 12.3. The van der Waals surface area contributed by atoms with E-state index in [0.29, 0.717) is 24.2 Å². The standard InChI is InChI=1S/C20H25N3O2/c24-20(16-10-5-2-6-11-16)23-13-7-12-17(14-23)19-22-21-18(25-19)15-8-3-1-4-9-15/h1,3-4,8-9,16-17H,2,5-7,10-14H2/t17-/m1/s1. The number of piperidine rings is 1. The van der Waals surface area contributed by atoms with E-state index < -0.39 is 0 Å². The Morgan fingerprint density at radius 2 is 1.80 bits per heavy atom. The number of nitrogens with zero attached hydrogens (tertiary/aromatic N) is 3. The molecule has 5 nitrogen and oxygen atoms in total. The summed E-state index contributed by atoms with van der Waals surface area (Å²) in [6.45, 7) is 1.58. The number of amides is 1. The summed E-state index contributed by atoms with van der Waals surface area (Å²) in [7, 11) is 0. The highest BCUT2D eigenvalue weighted by Crippen LogP contribution is 2.31. The molecule has 1 aromatic carbocycles. The lowest BCUT2D eigenvalue weighted by molar-refractivity contribution is -0.137. The molecule has 1 aliphatic heterocycles. The van der Waals surface area contributed by atoms with Crippen LogP contribution in [-0.4, -0.2) is 34.1 Å². The quantitative estimate of drug-likeness (QED) is 0.847. The summed E-state index contributed by atoms with van der Waals surface area (Å²) in [4.78, 5) is 14.9. The second kappa shape index (κ2) is 7.38. The molecule has 2 aromatic rings. The number of hydrogen-bond acceptors (Lipinski definition) is 4. The summed E-state index contributed by atoms with van der Waals surface area (Å²) >= 11 is 0. The van der Waals surface area contributed by atoms with Gasteiger partial charge in [0.15, 0.2) is 0 Å². The van der Waals surface area contributed by atoms with E-state index in [-0.39, 0.29) is 11.8 Å². The third kappa shape index (κ3) is 3.60. The van der Waals surface area contributed by atoms with Crippen molar-refractivity contribution in [3.05, 3.63) is 36.2 Å². The molecule has 1 atom stereocenters. The Bertz CT molecular complexity index is 707. The topological polar surface area (TPSA) is 59.2 Å². The minimum atomic E-state index is 0.159. The number of hydrogen-bond donors (Lipinski definition) is 0. The molecule has 2 aliphatic rings. The molecule has 1 saturated heterocycles. The number of likely N-dealkylation sites (tertiary alicyclic amines) is 1. The summed E-state index contributed by atoms with van der Waals surface area (Å²) in [5, 5.41) is 8.47. The molecule has 0 N–H and O–H groups in total. The van der Waals surface area contributed by atoms with Crippen molar-refractivity contribution >= 4 is 5.91 Å². The van der Waals surface area contributed by atoms with Crippen molar-refractivity contribution in [3.63, 3.8) is 0 Å². The van der Waals surface area contributed by atoms with Crippen LogP contribution in [0.1, 0.15) is 56.8 Å². The molecule has 132 valence electrons. The maximum absolute atomic E-state index is 12.8. The van der Waals surface area contributed by atoms with E-state index in [1.165, 1.54) is 19.3 Å². The molecule has 0 radical (unpaired) electrons. The zero-order chi connectivity index (χ0) is 17.1. The zero-order valence-electron chi connectivity index (χ0n) is 14.6. The van der Waals surface area contributed by atoms with Crippen LogP contribution in [0.5, 0.6) is 0 Å². The average molecular weight is 339 g/mol. The number of rotatable bonds is 3. The van der Waals surface area contributed by atoms with Gasteiger partial charge in [0, 0.05) is 24.6 Å². The van der Waals surface area contributed by atoms with Gasteiger partial charge in [0.25, 0.3) is 0 Å². The van der Waals surface area contributed by atoms with Gasteiger partial charge in [-0.1, -0.05) is 37.5 Å². The lowest BCUT2D eigenvalue weighted by Crippen LogP contribution is -2.42. The van der Waals surface area contributed by atoms with Gasteiger partial charge >= 0.3 is 0 Å². The van der Waals surface area contributed by atoms with Crippen molar-refractivity contribution in [3.8, 4) is 11.5 Å². The SMILES string of the molecule is O=C(C1CCCCC1)N1CCC[C@@H](c2nnc(-c3ccccc3)o2)C1. The van der Waals surface area contributed by atoms with E-state index >= 15 is 0 Å². The van der Waals surface area contributed by atoms with Crippen molar-refractivity contribution in [2.45, 2.75) is 50.9 Å². The third-order valence-electron chi connectivity index (χ3n) is 5.50. The van der Waals surface area contributed by atoms with E-state index in [4.69, 9.17) is 4.42 Å². The van der Waals surface area contributed by atoms with E-state index in [0.717, 1.165) is 37.8 Å². The predicted octanol–water partition coefficient (Wildman–Crippen LogP) is 4.02. The molecule has 0 unspecified atom stereocenters. The summed E-state index contributed by atoms with van der Waals surface area (Å²) in [5.41, 5.74) is 0.937. The Hall–Kier alpha value is -2.17. The maximum Gasteiger partial charge on any atom is 0.247 e. The largest absolute Gasteiger partial charge is 0.420 e. The maximum atomic E-state index is 12.8. The molecular formula is C20H25N3O2. The number of aromatic nitrogens is 2. The van der Waals surface area contributed by atoms with Gasteiger partial charge in [-0.05, 0) is 37.8 Å². The second-order valence-electron chi connectivity index (χ2n) is 7.27. The first-order valence-electron chi connectivity index (χ1n) is 9.49. The minimum Gasteiger partial charge on any atom is -0.420 e. The monoisotopic (exact) mass is 339 g/mol. The van der Waals surface area contributed by atoms with Crippen molar-refractivity contribution in [1.82, 2.24) is 15.1 Å². The van der Waals surface area contributed by atoms with Gasteiger partial charge in [-0.25, -0.2) is 0 Å². The molecule has 1 saturated carbocycles. The zero-order valence-corrected chi connectivity index (χ0v) is 14.6. The highest BCUT2D eigenvalue weighted by atomic mass is 16.4. The van der Waals surface area contributed by atoms with Crippen LogP contribution in [0.15, 0.2) is 34.7 Å². The molecule has 5 heteroatoms. The summed E-state index contributed by atoms with van der Waals surface area (Å²) < 4.78 is 5.92. The van der Waals surface area contributed by atoms with Gasteiger partial charge < -0.3 is 9.32 Å². The summed E-state index contributed by atoms with van der Waals surface area (Å²) in [6, 6.07) is 9.83. The lowest BCUT2D eigenvalue weighted by Gasteiger charge is -2.34. The van der Waals surface area contributed by atoms with Crippen molar-refractivity contribution in [1.29, 1.82) is 0 Å². The van der Waals surface area contributed by atoms with E-state index in [2.05, 4.69) is 10.2 Å². The molecule has 2 heterocycles. The molecule has 1 amide bonds. The van der Waals surface area contributed by atoms with E-state index in [1.807, 2.05) is 35.2 Å². The van der Waals surface area contributed by atoms with Gasteiger partial charge in [-0.3, -0.25) is 4.79 Å². The van der Waals surface area contributed by atoms with Gasteiger partial charge in [0.1, 0.15) is 0 Å². The van der Waals surface area contributed by atoms with Crippen molar-refractivity contribution in [2.24, 2.45) is 5.92 Å². The Labute approximate surface area is 148 Å². The van der Waals surface area contributed by atoms with Crippen LogP contribution < -0.4 is 0 Å². The molecule has 1 aliphatic carbocycles. The molecule has 1 aromatic heterocycles. The Balaban J connectivity index is 1.44. The van der Waals surface area contributed by atoms with Crippen LogP contribution in [0, 0.1) is 5.92 Å². The van der Waals surface area contributed by atoms with Gasteiger partial charge in [-0.15, -0.1) is 10.2 Å². The summed E-state index contributed by atoms with van der Waals surface area (Å²) in [5.74, 6) is 1.96. The van der Waals surface area contributed by atoms with Gasteiger partial charge in [0.2, 0.25) is 17.7 Å². The lowest BCUT2D eigenvalue weighted by atomic mass is 9.87. The molecular weight excluding hydrogens is 314 g/mol. The van der Waals surface area contributed by atoms with Crippen LogP contribution in [0.2, 0.25) is 0 Å². The van der Waals surface area contributed by atoms with Crippen molar-refractivity contribution < 1.29 is 9.21 Å². The van der Waals surface area contributed by atoms with E-state index in [9.17, 15) is 4.79 Å². The molecule has 0 bridgehead atoms. The fourth-order valence-electron chi connectivity index (χ4n) is 4.08. The van der Waals surface area contributed by atoms with Crippen LogP contribution in [-0.2, 0) is 4.79 Å². The highest BCUT2D eigenvalue weighted by molar-refractivity contribution is 5.79. The minimum absolute atomic E-state index is 0.159. The first kappa shape index (κ1) is 16.3. The van der Waals surface area contributed by atoms with Crippen LogP contribution >= 0.6 is 0 Å². The predicted molar refractivity (Wildman–Crippen MR) is 94.9 cm³/mol. The Morgan fingerprint density at radius 1 is 1.00 bits per heavy atom. The second-order valence-corrected chi connectivity index (χ2v) is 7.27. The van der Waals surface area contributed by atoms with Gasteiger partial charge in [-0.2, -0.15) is 0 Å². The normalized spacial score (nSPS) is 22.1. The van der Waals surface area contributed by atoms with Crippen LogP contribution in [0.4, 0.5) is 0 Å². The molecule has 0 spiro atoms. The summed E-state index contributed by atoms with van der Waals surface area (Å²) in [6.07, 6.45) is 7.78. The molecule has 2 fully saturated rings. The van der Waals surface area contributed by atoms with Crippen molar-refractivity contribution in [2.75, 3.05) is 13.1 Å². The Kier molecular flexibility index (Phi) is 4.81. The molecule has 4 rings (SSSR count). The number of benzene rings is 1. The third-order valence-corrected chi connectivity index (χ3v) is 5.50. The number of carbonyl (C=O) groups excluding carboxylic acids is 1. The highest BCUT2D eigenvalue weighted by Gasteiger charge is 2.32. The number of carbonyl (C=O) groups is 1. The Morgan fingerprint density at radius 3 is 2.60 bits per heavy atom. The van der Waals surface area contributed by atoms with E-state index in [1.54, 1.807) is 0 Å². The smallest absolute Gasteiger partial charge is 0.247 e. The van der Waals surface area contributed by atoms with Crippen LogP contribution in [0.25, 0.3) is 11.5 Å². The van der Waals surface area contributed by atoms with Gasteiger partial charge in [0.05, 0.1) is 5.92 Å².